The SMILES string of the molecule is C=CCOc1c(I)cc(C=N/N=C2/NC(=O)/C(=C\C(=O)OC)S2)cc1OCC. The molecule has 8 nitrogen and oxygen atoms in total. The summed E-state index contributed by atoms with van der Waals surface area (Å²) >= 11 is 3.16. The lowest BCUT2D eigenvalue weighted by atomic mass is 10.2. The van der Waals surface area contributed by atoms with Gasteiger partial charge in [0, 0.05) is 6.08 Å². The number of carbonyl (C=O) groups is 2. The summed E-state index contributed by atoms with van der Waals surface area (Å²) < 4.78 is 16.7. The molecule has 148 valence electrons. The molecule has 1 aromatic rings. The van der Waals surface area contributed by atoms with Crippen LogP contribution in [0, 0.1) is 3.57 Å². The number of amides is 1. The van der Waals surface area contributed by atoms with E-state index in [0.717, 1.165) is 27.0 Å². The van der Waals surface area contributed by atoms with Gasteiger partial charge in [-0.05, 0) is 59.0 Å². The summed E-state index contributed by atoms with van der Waals surface area (Å²) in [6.07, 6.45) is 4.29. The van der Waals surface area contributed by atoms with Gasteiger partial charge in [-0.25, -0.2) is 4.79 Å². The molecule has 1 aliphatic heterocycles. The third-order valence-electron chi connectivity index (χ3n) is 3.13. The number of halogens is 1. The van der Waals surface area contributed by atoms with Gasteiger partial charge >= 0.3 is 5.97 Å². The molecule has 0 atom stereocenters. The van der Waals surface area contributed by atoms with Crippen LogP contribution in [0.15, 0.2) is 46.0 Å². The average molecular weight is 515 g/mol. The van der Waals surface area contributed by atoms with Gasteiger partial charge < -0.3 is 14.2 Å². The summed E-state index contributed by atoms with van der Waals surface area (Å²) in [6, 6.07) is 3.66. The second-order valence-electron chi connectivity index (χ2n) is 5.10. The number of hydrogen-bond acceptors (Lipinski definition) is 8. The zero-order valence-corrected chi connectivity index (χ0v) is 18.2. The Kier molecular flexibility index (Phi) is 8.51. The van der Waals surface area contributed by atoms with E-state index in [9.17, 15) is 9.59 Å². The fourth-order valence-corrected chi connectivity index (χ4v) is 3.52. The first-order valence-corrected chi connectivity index (χ1v) is 9.97. The molecule has 2 rings (SSSR count). The lowest BCUT2D eigenvalue weighted by Crippen LogP contribution is -2.19. The fraction of sp³-hybridized carbons (Fsp3) is 0.222. The summed E-state index contributed by atoms with van der Waals surface area (Å²) in [7, 11) is 1.24. The summed E-state index contributed by atoms with van der Waals surface area (Å²) in [5.74, 6) is 0.194. The smallest absolute Gasteiger partial charge is 0.331 e. The lowest BCUT2D eigenvalue weighted by molar-refractivity contribution is -0.135. The number of rotatable bonds is 8. The number of thioether (sulfide) groups is 1. The number of carbonyl (C=O) groups excluding carboxylic acids is 2. The molecule has 0 aromatic heterocycles. The van der Waals surface area contributed by atoms with Crippen LogP contribution >= 0.6 is 34.4 Å². The van der Waals surface area contributed by atoms with Crippen molar-refractivity contribution in [1.29, 1.82) is 0 Å². The number of esters is 1. The molecule has 1 heterocycles. The normalized spacial score (nSPS) is 16.5. The number of amidine groups is 1. The van der Waals surface area contributed by atoms with E-state index in [1.807, 2.05) is 13.0 Å². The molecule has 0 bridgehead atoms. The number of nitrogens with one attached hydrogen (secondary N) is 1. The Morgan fingerprint density at radius 3 is 2.86 bits per heavy atom. The van der Waals surface area contributed by atoms with E-state index in [1.165, 1.54) is 13.3 Å². The summed E-state index contributed by atoms with van der Waals surface area (Å²) in [5.41, 5.74) is 0.753. The van der Waals surface area contributed by atoms with E-state index in [1.54, 1.807) is 12.1 Å². The van der Waals surface area contributed by atoms with Crippen LogP contribution in [-0.4, -0.2) is 43.6 Å². The van der Waals surface area contributed by atoms with Crippen molar-refractivity contribution in [3.05, 3.63) is 44.9 Å². The highest BCUT2D eigenvalue weighted by Crippen LogP contribution is 2.34. The van der Waals surface area contributed by atoms with E-state index < -0.39 is 11.9 Å². The third kappa shape index (κ3) is 6.09. The minimum atomic E-state index is -0.612. The maximum Gasteiger partial charge on any atom is 0.331 e. The molecule has 1 fully saturated rings. The van der Waals surface area contributed by atoms with Gasteiger partial charge in [-0.15, -0.1) is 5.10 Å². The van der Waals surface area contributed by atoms with E-state index in [-0.39, 0.29) is 10.1 Å². The second kappa shape index (κ2) is 10.9. The number of hydrogen-bond donors (Lipinski definition) is 1. The summed E-state index contributed by atoms with van der Waals surface area (Å²) in [4.78, 5) is 23.2. The fourth-order valence-electron chi connectivity index (χ4n) is 2.00. The topological polar surface area (TPSA) is 98.6 Å². The highest BCUT2D eigenvalue weighted by atomic mass is 127. The largest absolute Gasteiger partial charge is 0.490 e. The van der Waals surface area contributed by atoms with E-state index in [4.69, 9.17) is 9.47 Å². The average Bonchev–Trinajstić information content (AvgIpc) is 3.00. The van der Waals surface area contributed by atoms with Crippen molar-refractivity contribution in [3.8, 4) is 11.5 Å². The maximum absolute atomic E-state index is 11.8. The van der Waals surface area contributed by atoms with E-state index in [0.29, 0.717) is 24.7 Å². The first kappa shape index (κ1) is 22.0. The number of ether oxygens (including phenoxy) is 3. The van der Waals surface area contributed by atoms with Crippen LogP contribution in [0.1, 0.15) is 12.5 Å². The van der Waals surface area contributed by atoms with Gasteiger partial charge in [-0.2, -0.15) is 5.10 Å². The molecular formula is C18H18IN3O5S. The van der Waals surface area contributed by atoms with Crippen LogP contribution < -0.4 is 14.8 Å². The quantitative estimate of drug-likeness (QED) is 0.143. The Hall–Kier alpha value is -2.34. The molecule has 0 aliphatic carbocycles. The summed E-state index contributed by atoms with van der Waals surface area (Å²) in [6.45, 7) is 6.39. The minimum Gasteiger partial charge on any atom is -0.490 e. The number of nitrogens with zero attached hydrogens (tertiary/aromatic N) is 2. The van der Waals surface area contributed by atoms with Crippen LogP contribution in [0.25, 0.3) is 0 Å². The van der Waals surface area contributed by atoms with Crippen molar-refractivity contribution < 1.29 is 23.8 Å². The summed E-state index contributed by atoms with van der Waals surface area (Å²) in [5, 5.41) is 10.7. The van der Waals surface area contributed by atoms with Crippen LogP contribution in [0.3, 0.4) is 0 Å². The van der Waals surface area contributed by atoms with Crippen LogP contribution in [0.4, 0.5) is 0 Å². The molecular weight excluding hydrogens is 497 g/mol. The van der Waals surface area contributed by atoms with Gasteiger partial charge in [-0.1, -0.05) is 12.7 Å². The highest BCUT2D eigenvalue weighted by molar-refractivity contribution is 14.1. The van der Waals surface area contributed by atoms with Gasteiger partial charge in [0.15, 0.2) is 16.7 Å². The second-order valence-corrected chi connectivity index (χ2v) is 7.29. The minimum absolute atomic E-state index is 0.192. The van der Waals surface area contributed by atoms with Crippen LogP contribution in [0.5, 0.6) is 11.5 Å². The molecule has 1 aromatic carbocycles. The van der Waals surface area contributed by atoms with Crippen molar-refractivity contribution in [2.45, 2.75) is 6.92 Å². The predicted molar refractivity (Wildman–Crippen MR) is 117 cm³/mol. The molecule has 0 radical (unpaired) electrons. The Labute approximate surface area is 180 Å². The first-order chi connectivity index (χ1) is 13.5. The molecule has 1 N–H and O–H groups in total. The maximum atomic E-state index is 11.8. The molecule has 0 unspecified atom stereocenters. The monoisotopic (exact) mass is 515 g/mol. The Morgan fingerprint density at radius 1 is 1.39 bits per heavy atom. The zero-order valence-electron chi connectivity index (χ0n) is 15.2. The molecule has 0 spiro atoms. The zero-order chi connectivity index (χ0) is 20.5. The van der Waals surface area contributed by atoms with Crippen molar-refractivity contribution in [1.82, 2.24) is 5.32 Å². The highest BCUT2D eigenvalue weighted by Gasteiger charge is 2.25. The van der Waals surface area contributed by atoms with Gasteiger partial charge in [0.05, 0.1) is 28.4 Å². The molecule has 0 saturated carbocycles. The van der Waals surface area contributed by atoms with Crippen molar-refractivity contribution in [2.75, 3.05) is 20.3 Å². The Morgan fingerprint density at radius 2 is 2.18 bits per heavy atom. The molecule has 1 aliphatic rings. The third-order valence-corrected chi connectivity index (χ3v) is 4.84. The first-order valence-electron chi connectivity index (χ1n) is 8.08. The van der Waals surface area contributed by atoms with Crippen LogP contribution in [0.2, 0.25) is 0 Å². The van der Waals surface area contributed by atoms with Gasteiger partial charge in [-0.3, -0.25) is 10.1 Å². The van der Waals surface area contributed by atoms with Crippen LogP contribution in [-0.2, 0) is 14.3 Å². The van der Waals surface area contributed by atoms with Crippen molar-refractivity contribution >= 4 is 57.6 Å². The number of benzene rings is 1. The lowest BCUT2D eigenvalue weighted by Gasteiger charge is -2.13. The molecule has 1 saturated heterocycles. The van der Waals surface area contributed by atoms with E-state index in [2.05, 4.69) is 49.4 Å². The number of methoxy groups -OCH3 is 1. The Bertz CT molecular complexity index is 867. The van der Waals surface area contributed by atoms with Gasteiger partial charge in [0.25, 0.3) is 5.91 Å². The Balaban J connectivity index is 2.16. The van der Waals surface area contributed by atoms with Crippen molar-refractivity contribution in [2.24, 2.45) is 10.2 Å². The van der Waals surface area contributed by atoms with Gasteiger partial charge in [0.1, 0.15) is 6.61 Å². The molecule has 28 heavy (non-hydrogen) atoms. The molecule has 1 amide bonds. The van der Waals surface area contributed by atoms with Crippen molar-refractivity contribution in [3.63, 3.8) is 0 Å². The van der Waals surface area contributed by atoms with E-state index >= 15 is 0 Å². The molecule has 10 heteroatoms. The standard InChI is InChI=1S/C18H18IN3O5S/c1-4-6-27-16-12(19)7-11(8-13(16)26-5-2)10-20-22-18-21-17(24)14(28-18)9-15(23)25-3/h4,7-10H,1,5-6H2,2-3H3,(H,21,22,24)/b14-9+,20-10?. The predicted octanol–water partition coefficient (Wildman–Crippen LogP) is 2.86. The van der Waals surface area contributed by atoms with Gasteiger partial charge in [0.2, 0.25) is 0 Å².